The lowest BCUT2D eigenvalue weighted by Gasteiger charge is -2.50. The third kappa shape index (κ3) is 5.59. The van der Waals surface area contributed by atoms with Gasteiger partial charge in [0.25, 0.3) is 0 Å². The molecule has 57 heavy (non-hydrogen) atoms. The number of rotatable bonds is 7. The Morgan fingerprint density at radius 1 is 0.825 bits per heavy atom. The maximum Gasteiger partial charge on any atom is 0.131 e. The summed E-state index contributed by atoms with van der Waals surface area (Å²) in [5.74, 6) is 3.83. The minimum absolute atomic E-state index is 0.0195. The zero-order chi connectivity index (χ0) is 39.3. The number of nitrogens with one attached hydrogen (secondary N) is 1. The molecule has 3 heteroatoms. The van der Waals surface area contributed by atoms with E-state index in [2.05, 4.69) is 193 Å². The Kier molecular flexibility index (Phi) is 8.60. The lowest BCUT2D eigenvalue weighted by molar-refractivity contribution is 0.0337. The second-order valence-corrected chi connectivity index (χ2v) is 19.8. The van der Waals surface area contributed by atoms with Crippen LogP contribution >= 0.6 is 0 Å². The number of hydrogen-bond acceptors (Lipinski definition) is 3. The highest BCUT2D eigenvalue weighted by molar-refractivity contribution is 5.77. The summed E-state index contributed by atoms with van der Waals surface area (Å²) in [7, 11) is 0. The average Bonchev–Trinajstić information content (AvgIpc) is 3.62. The molecule has 0 amide bonds. The van der Waals surface area contributed by atoms with Gasteiger partial charge in [-0.2, -0.15) is 0 Å². The average molecular weight is 753 g/mol. The van der Waals surface area contributed by atoms with Crippen LogP contribution in [0.3, 0.4) is 0 Å². The lowest BCUT2D eigenvalue weighted by Crippen LogP contribution is -2.48. The van der Waals surface area contributed by atoms with Gasteiger partial charge in [-0.1, -0.05) is 168 Å². The van der Waals surface area contributed by atoms with E-state index in [0.29, 0.717) is 35.5 Å². The SMILES string of the molecule is CC1CC=CC2(C)OC3=C(C12)C1C(C=C3)C=CC2C=C(c3ccc4c(c3)C(C)(C)C3(C)CC(C(N)[C@H](NCc5ccccc5)c5ccccc5)C=CC43)C=CC21C. The van der Waals surface area contributed by atoms with E-state index in [0.717, 1.165) is 25.1 Å². The van der Waals surface area contributed by atoms with Crippen molar-refractivity contribution in [2.24, 2.45) is 52.1 Å². The maximum absolute atomic E-state index is 7.37. The molecule has 11 unspecified atom stereocenters. The minimum Gasteiger partial charge on any atom is -0.483 e. The molecule has 0 saturated carbocycles. The molecule has 0 spiro atoms. The fourth-order valence-corrected chi connectivity index (χ4v) is 12.8. The number of allylic oxidation sites excluding steroid dienone is 10. The van der Waals surface area contributed by atoms with Gasteiger partial charge in [0.1, 0.15) is 11.4 Å². The quantitative estimate of drug-likeness (QED) is 0.236. The molecule has 1 aliphatic heterocycles. The van der Waals surface area contributed by atoms with Crippen molar-refractivity contribution in [2.45, 2.75) is 89.9 Å². The van der Waals surface area contributed by atoms with Gasteiger partial charge < -0.3 is 15.8 Å². The summed E-state index contributed by atoms with van der Waals surface area (Å²) in [4.78, 5) is 0. The summed E-state index contributed by atoms with van der Waals surface area (Å²) in [5.41, 5.74) is 16.8. The van der Waals surface area contributed by atoms with Crippen molar-refractivity contribution < 1.29 is 4.74 Å². The molecule has 0 aromatic heterocycles. The van der Waals surface area contributed by atoms with Crippen molar-refractivity contribution in [3.8, 4) is 0 Å². The van der Waals surface area contributed by atoms with Gasteiger partial charge in [0.15, 0.2) is 0 Å². The van der Waals surface area contributed by atoms with Crippen molar-refractivity contribution >= 4 is 5.57 Å². The molecule has 3 aromatic carbocycles. The highest BCUT2D eigenvalue weighted by atomic mass is 16.5. The highest BCUT2D eigenvalue weighted by Crippen LogP contribution is 2.65. The predicted octanol–water partition coefficient (Wildman–Crippen LogP) is 11.7. The highest BCUT2D eigenvalue weighted by Gasteiger charge is 2.58. The van der Waals surface area contributed by atoms with Gasteiger partial charge in [0.05, 0.1) is 0 Å². The molecule has 6 aliphatic carbocycles. The Hall–Kier alpha value is -4.44. The summed E-state index contributed by atoms with van der Waals surface area (Å²) < 4.78 is 6.81. The van der Waals surface area contributed by atoms with Crippen molar-refractivity contribution in [3.05, 3.63) is 185 Å². The van der Waals surface area contributed by atoms with E-state index in [-0.39, 0.29) is 39.8 Å². The summed E-state index contributed by atoms with van der Waals surface area (Å²) in [6.45, 7) is 15.5. The maximum atomic E-state index is 7.37. The van der Waals surface area contributed by atoms with Crippen LogP contribution in [0.1, 0.15) is 94.2 Å². The molecule has 3 aromatic rings. The van der Waals surface area contributed by atoms with Gasteiger partial charge in [-0.25, -0.2) is 0 Å². The first-order chi connectivity index (χ1) is 27.4. The van der Waals surface area contributed by atoms with Crippen LogP contribution in [0.4, 0.5) is 0 Å². The second-order valence-electron chi connectivity index (χ2n) is 19.8. The van der Waals surface area contributed by atoms with Crippen molar-refractivity contribution in [2.75, 3.05) is 0 Å². The zero-order valence-corrected chi connectivity index (χ0v) is 34.7. The Bertz CT molecular complexity index is 2290. The fraction of sp³-hybridized carbons (Fsp3) is 0.407. The largest absolute Gasteiger partial charge is 0.483 e. The lowest BCUT2D eigenvalue weighted by atomic mass is 9.52. The Balaban J connectivity index is 0.921. The molecule has 0 radical (unpaired) electrons. The molecule has 12 atom stereocenters. The van der Waals surface area contributed by atoms with Crippen LogP contribution in [0.2, 0.25) is 0 Å². The van der Waals surface area contributed by atoms with Crippen molar-refractivity contribution in [1.29, 1.82) is 0 Å². The van der Waals surface area contributed by atoms with Crippen LogP contribution in [0.25, 0.3) is 5.57 Å². The first-order valence-electron chi connectivity index (χ1n) is 21.7. The predicted molar refractivity (Wildman–Crippen MR) is 235 cm³/mol. The molecule has 3 N–H and O–H groups in total. The smallest absolute Gasteiger partial charge is 0.131 e. The number of benzene rings is 3. The Morgan fingerprint density at radius 3 is 2.39 bits per heavy atom. The van der Waals surface area contributed by atoms with Gasteiger partial charge in [-0.15, -0.1) is 0 Å². The molecule has 0 bridgehead atoms. The summed E-state index contributed by atoms with van der Waals surface area (Å²) in [6, 6.07) is 28.9. The third-order valence-corrected chi connectivity index (χ3v) is 16.3. The molecule has 3 nitrogen and oxygen atoms in total. The van der Waals surface area contributed by atoms with Crippen LogP contribution in [-0.4, -0.2) is 11.6 Å². The van der Waals surface area contributed by atoms with Crippen LogP contribution in [0.5, 0.6) is 0 Å². The molecule has 0 saturated heterocycles. The van der Waals surface area contributed by atoms with Gasteiger partial charge in [0.2, 0.25) is 0 Å². The van der Waals surface area contributed by atoms with Crippen LogP contribution in [-0.2, 0) is 16.7 Å². The van der Waals surface area contributed by atoms with E-state index in [4.69, 9.17) is 10.5 Å². The van der Waals surface area contributed by atoms with Crippen LogP contribution < -0.4 is 11.1 Å². The first kappa shape index (κ1) is 36.9. The van der Waals surface area contributed by atoms with Crippen molar-refractivity contribution in [3.63, 3.8) is 0 Å². The van der Waals surface area contributed by atoms with Crippen LogP contribution in [0.15, 0.2) is 157 Å². The number of hydrogen-bond donors (Lipinski definition) is 2. The summed E-state index contributed by atoms with van der Waals surface area (Å²) >= 11 is 0. The first-order valence-corrected chi connectivity index (χ1v) is 21.7. The minimum atomic E-state index is -0.248. The molecule has 0 fully saturated rings. The van der Waals surface area contributed by atoms with E-state index < -0.39 is 0 Å². The van der Waals surface area contributed by atoms with Crippen molar-refractivity contribution in [1.82, 2.24) is 5.32 Å². The summed E-state index contributed by atoms with van der Waals surface area (Å²) in [5, 5.41) is 3.88. The molecule has 10 rings (SSSR count). The molecule has 7 aliphatic rings. The molecule has 292 valence electrons. The van der Waals surface area contributed by atoms with E-state index in [1.165, 1.54) is 33.4 Å². The molecular weight excluding hydrogens is 693 g/mol. The standard InChI is InChI=1S/C54H60N2O/c1-34-14-13-28-54(6)47(34)46-45(57-54)26-22-36-19-23-41-30-39(27-29-52(41,4)48(36)46)38-20-24-42-43-25-21-40(32-53(43,5)51(2,3)44(42)31-38)49(55)50(37-17-11-8-12-18-37)56-33-35-15-9-7-10-16-35/h7-13,15-31,34,36,40-41,43,47-50,56H,14,32-33,55H2,1-6H3/t34?,36?,40?,41?,43?,47?,48?,49?,50-,52?,53?,54?/m1/s1. The fourth-order valence-electron chi connectivity index (χ4n) is 12.8. The normalized spacial score (nSPS) is 37.2. The van der Waals surface area contributed by atoms with E-state index >= 15 is 0 Å². The number of ether oxygens (including phenoxy) is 1. The molecule has 1 heterocycles. The monoisotopic (exact) mass is 752 g/mol. The Morgan fingerprint density at radius 2 is 1.60 bits per heavy atom. The number of nitrogens with two attached hydrogens (primary N) is 1. The third-order valence-electron chi connectivity index (χ3n) is 16.3. The topological polar surface area (TPSA) is 47.3 Å². The Labute approximate surface area is 341 Å². The summed E-state index contributed by atoms with van der Waals surface area (Å²) in [6.07, 6.45) is 29.1. The van der Waals surface area contributed by atoms with Gasteiger partial charge >= 0.3 is 0 Å². The van der Waals surface area contributed by atoms with Gasteiger partial charge in [-0.05, 0) is 93.5 Å². The van der Waals surface area contributed by atoms with E-state index in [1.807, 2.05) is 0 Å². The van der Waals surface area contributed by atoms with Gasteiger partial charge in [0, 0.05) is 53.6 Å². The van der Waals surface area contributed by atoms with E-state index in [1.54, 1.807) is 5.57 Å². The van der Waals surface area contributed by atoms with E-state index in [9.17, 15) is 0 Å². The number of fused-ring (bicyclic) bond motifs is 9. The van der Waals surface area contributed by atoms with Crippen LogP contribution in [0, 0.1) is 46.3 Å². The van der Waals surface area contributed by atoms with Gasteiger partial charge in [-0.3, -0.25) is 0 Å². The second kappa shape index (κ2) is 13.3. The zero-order valence-electron chi connectivity index (χ0n) is 34.7. The molecular formula is C54H60N2O.